The van der Waals surface area contributed by atoms with Gasteiger partial charge >= 0.3 is 0 Å². The Balaban J connectivity index is 2.30. The maximum atomic E-state index is 5.59. The third-order valence-electron chi connectivity index (χ3n) is 2.28. The second-order valence-corrected chi connectivity index (χ2v) is 3.69. The summed E-state index contributed by atoms with van der Waals surface area (Å²) in [5, 5.41) is 3.22. The fourth-order valence-electron chi connectivity index (χ4n) is 1.51. The Morgan fingerprint density at radius 1 is 1.12 bits per heavy atom. The number of aromatic nitrogens is 2. The first kappa shape index (κ1) is 10.4. The first-order valence-corrected chi connectivity index (χ1v) is 5.09. The number of benzene rings is 1. The third-order valence-corrected chi connectivity index (χ3v) is 2.28. The topological polar surface area (TPSA) is 63.8 Å². The zero-order chi connectivity index (χ0) is 11.5. The van der Waals surface area contributed by atoms with E-state index in [1.165, 1.54) is 0 Å². The molecule has 82 valence electrons. The van der Waals surface area contributed by atoms with Crippen molar-refractivity contribution in [2.75, 3.05) is 11.1 Å². The minimum absolute atomic E-state index is 0.288. The molecule has 0 aliphatic carbocycles. The summed E-state index contributed by atoms with van der Waals surface area (Å²) < 4.78 is 0. The van der Waals surface area contributed by atoms with E-state index in [1.807, 2.05) is 44.2 Å². The number of nitrogen functional groups attached to an aromatic ring is 1. The minimum Gasteiger partial charge on any atom is -0.368 e. The molecule has 0 spiro atoms. The van der Waals surface area contributed by atoms with Crippen LogP contribution in [-0.2, 0) is 0 Å². The number of hydrogen-bond donors (Lipinski definition) is 2. The van der Waals surface area contributed by atoms with Crippen molar-refractivity contribution in [3.8, 4) is 0 Å². The monoisotopic (exact) mass is 214 g/mol. The minimum atomic E-state index is 0.288. The van der Waals surface area contributed by atoms with Crippen LogP contribution in [0.4, 0.5) is 17.5 Å². The lowest BCUT2D eigenvalue weighted by Gasteiger charge is -2.09. The summed E-state index contributed by atoms with van der Waals surface area (Å²) in [6.45, 7) is 3.93. The molecule has 2 aromatic rings. The molecule has 4 nitrogen and oxygen atoms in total. The first-order chi connectivity index (χ1) is 7.65. The molecule has 2 rings (SSSR count). The largest absolute Gasteiger partial charge is 0.368 e. The molecular formula is C12H14N4. The van der Waals surface area contributed by atoms with Crippen molar-refractivity contribution in [3.05, 3.63) is 41.6 Å². The molecule has 0 radical (unpaired) electrons. The standard InChI is InChI=1S/C12H14N4/c1-8-5-3-4-6-10(8)15-11-7-9(2)14-12(13)16-11/h3-7H,1-2H3,(H3,13,14,15,16). The molecule has 0 atom stereocenters. The number of rotatable bonds is 2. The average molecular weight is 214 g/mol. The van der Waals surface area contributed by atoms with Crippen LogP contribution < -0.4 is 11.1 Å². The van der Waals surface area contributed by atoms with Crippen LogP contribution in [0, 0.1) is 13.8 Å². The van der Waals surface area contributed by atoms with E-state index in [-0.39, 0.29) is 5.95 Å². The van der Waals surface area contributed by atoms with Gasteiger partial charge in [0.2, 0.25) is 5.95 Å². The van der Waals surface area contributed by atoms with Crippen molar-refractivity contribution in [2.45, 2.75) is 13.8 Å². The predicted octanol–water partition coefficient (Wildman–Crippen LogP) is 2.42. The van der Waals surface area contributed by atoms with Crippen LogP contribution in [0.5, 0.6) is 0 Å². The van der Waals surface area contributed by atoms with E-state index < -0.39 is 0 Å². The molecule has 0 saturated heterocycles. The highest BCUT2D eigenvalue weighted by Crippen LogP contribution is 2.19. The molecule has 3 N–H and O–H groups in total. The predicted molar refractivity (Wildman–Crippen MR) is 65.6 cm³/mol. The normalized spacial score (nSPS) is 10.1. The van der Waals surface area contributed by atoms with Crippen LogP contribution in [0.1, 0.15) is 11.3 Å². The van der Waals surface area contributed by atoms with Crippen LogP contribution in [0.3, 0.4) is 0 Å². The van der Waals surface area contributed by atoms with Gasteiger partial charge in [0, 0.05) is 17.4 Å². The van der Waals surface area contributed by atoms with E-state index in [1.54, 1.807) is 0 Å². The molecule has 0 aliphatic heterocycles. The number of nitrogens with two attached hydrogens (primary N) is 1. The van der Waals surface area contributed by atoms with Crippen LogP contribution in [0.2, 0.25) is 0 Å². The number of hydrogen-bond acceptors (Lipinski definition) is 4. The van der Waals surface area contributed by atoms with Crippen LogP contribution in [0.25, 0.3) is 0 Å². The zero-order valence-electron chi connectivity index (χ0n) is 9.36. The quantitative estimate of drug-likeness (QED) is 0.805. The van der Waals surface area contributed by atoms with Gasteiger partial charge in [0.25, 0.3) is 0 Å². The Morgan fingerprint density at radius 2 is 1.88 bits per heavy atom. The highest BCUT2D eigenvalue weighted by molar-refractivity contribution is 5.60. The summed E-state index contributed by atoms with van der Waals surface area (Å²) in [5.74, 6) is 1.01. The summed E-state index contributed by atoms with van der Waals surface area (Å²) in [6, 6.07) is 9.89. The maximum absolute atomic E-state index is 5.59. The lowest BCUT2D eigenvalue weighted by atomic mass is 10.2. The third kappa shape index (κ3) is 2.28. The van der Waals surface area contributed by atoms with Gasteiger partial charge in [-0.15, -0.1) is 0 Å². The number of para-hydroxylation sites is 1. The van der Waals surface area contributed by atoms with Gasteiger partial charge in [-0.3, -0.25) is 0 Å². The molecule has 1 aromatic heterocycles. The number of nitrogens with one attached hydrogen (secondary N) is 1. The van der Waals surface area contributed by atoms with Gasteiger partial charge < -0.3 is 11.1 Å². The summed E-state index contributed by atoms with van der Waals surface area (Å²) in [5.41, 5.74) is 8.63. The Kier molecular flexibility index (Phi) is 2.72. The summed E-state index contributed by atoms with van der Waals surface area (Å²) in [7, 11) is 0. The zero-order valence-corrected chi connectivity index (χ0v) is 9.36. The smallest absolute Gasteiger partial charge is 0.222 e. The lowest BCUT2D eigenvalue weighted by molar-refractivity contribution is 1.12. The highest BCUT2D eigenvalue weighted by Gasteiger charge is 2.01. The van der Waals surface area contributed by atoms with Gasteiger partial charge in [-0.2, -0.15) is 4.98 Å². The maximum Gasteiger partial charge on any atom is 0.222 e. The van der Waals surface area contributed by atoms with Gasteiger partial charge in [-0.1, -0.05) is 18.2 Å². The number of anilines is 3. The van der Waals surface area contributed by atoms with Gasteiger partial charge in [0.1, 0.15) is 5.82 Å². The molecule has 0 unspecified atom stereocenters. The Bertz CT molecular complexity index is 488. The summed E-state index contributed by atoms with van der Waals surface area (Å²) in [6.07, 6.45) is 0. The lowest BCUT2D eigenvalue weighted by Crippen LogP contribution is -2.01. The van der Waals surface area contributed by atoms with Crippen LogP contribution >= 0.6 is 0 Å². The van der Waals surface area contributed by atoms with Crippen molar-refractivity contribution in [2.24, 2.45) is 0 Å². The fraction of sp³-hybridized carbons (Fsp3) is 0.167. The van der Waals surface area contributed by atoms with Gasteiger partial charge in [0.15, 0.2) is 0 Å². The van der Waals surface area contributed by atoms with Gasteiger partial charge in [-0.25, -0.2) is 4.98 Å². The van der Waals surface area contributed by atoms with Gasteiger partial charge in [-0.05, 0) is 25.5 Å². The van der Waals surface area contributed by atoms with E-state index in [0.717, 1.165) is 22.8 Å². The van der Waals surface area contributed by atoms with E-state index in [4.69, 9.17) is 5.73 Å². The fourth-order valence-corrected chi connectivity index (χ4v) is 1.51. The molecule has 16 heavy (non-hydrogen) atoms. The van der Waals surface area contributed by atoms with Crippen molar-refractivity contribution < 1.29 is 0 Å². The number of nitrogens with zero attached hydrogens (tertiary/aromatic N) is 2. The van der Waals surface area contributed by atoms with Crippen molar-refractivity contribution in [3.63, 3.8) is 0 Å². The second kappa shape index (κ2) is 4.18. The van der Waals surface area contributed by atoms with Crippen molar-refractivity contribution in [1.82, 2.24) is 9.97 Å². The van der Waals surface area contributed by atoms with E-state index in [0.29, 0.717) is 0 Å². The van der Waals surface area contributed by atoms with Crippen LogP contribution in [-0.4, -0.2) is 9.97 Å². The van der Waals surface area contributed by atoms with E-state index >= 15 is 0 Å². The molecule has 1 heterocycles. The molecule has 0 amide bonds. The Labute approximate surface area is 94.5 Å². The Hall–Kier alpha value is -2.10. The Morgan fingerprint density at radius 3 is 2.56 bits per heavy atom. The second-order valence-electron chi connectivity index (χ2n) is 3.69. The van der Waals surface area contributed by atoms with E-state index in [2.05, 4.69) is 15.3 Å². The van der Waals surface area contributed by atoms with Crippen LogP contribution in [0.15, 0.2) is 30.3 Å². The summed E-state index contributed by atoms with van der Waals surface area (Å²) >= 11 is 0. The molecule has 1 aromatic carbocycles. The van der Waals surface area contributed by atoms with Crippen molar-refractivity contribution in [1.29, 1.82) is 0 Å². The first-order valence-electron chi connectivity index (χ1n) is 5.09. The van der Waals surface area contributed by atoms with E-state index in [9.17, 15) is 0 Å². The highest BCUT2D eigenvalue weighted by atomic mass is 15.1. The summed E-state index contributed by atoms with van der Waals surface area (Å²) in [4.78, 5) is 8.15. The molecular weight excluding hydrogens is 200 g/mol. The molecule has 0 saturated carbocycles. The average Bonchev–Trinajstić information content (AvgIpc) is 2.20. The SMILES string of the molecule is Cc1cc(Nc2ccccc2C)nc(N)n1. The molecule has 0 aliphatic rings. The number of aryl methyl sites for hydroxylation is 2. The van der Waals surface area contributed by atoms with Gasteiger partial charge in [0.05, 0.1) is 0 Å². The van der Waals surface area contributed by atoms with Crippen molar-refractivity contribution >= 4 is 17.5 Å². The molecule has 0 fully saturated rings. The molecule has 4 heteroatoms. The molecule has 0 bridgehead atoms.